The molecule has 5 nitrogen and oxygen atoms in total. The number of morpholine rings is 1. The molecule has 144 valence electrons. The molecule has 26 heavy (non-hydrogen) atoms. The summed E-state index contributed by atoms with van der Waals surface area (Å²) in [6.07, 6.45) is 1.23. The molecule has 1 N–H and O–H groups in total. The summed E-state index contributed by atoms with van der Waals surface area (Å²) >= 11 is 5.56. The van der Waals surface area contributed by atoms with Gasteiger partial charge < -0.3 is 15.0 Å². The summed E-state index contributed by atoms with van der Waals surface area (Å²) in [5.41, 5.74) is 1.50. The fourth-order valence-corrected chi connectivity index (χ4v) is 5.44. The molecule has 0 spiro atoms. The molecule has 0 saturated carbocycles. The van der Waals surface area contributed by atoms with Crippen molar-refractivity contribution in [1.29, 1.82) is 0 Å². The zero-order valence-corrected chi connectivity index (χ0v) is 18.1. The van der Waals surface area contributed by atoms with E-state index in [9.17, 15) is 0 Å². The van der Waals surface area contributed by atoms with Crippen LogP contribution in [0.5, 0.6) is 0 Å². The van der Waals surface area contributed by atoms with Crippen LogP contribution in [0.4, 0.5) is 0 Å². The second kappa shape index (κ2) is 9.44. The first-order valence-electron chi connectivity index (χ1n) is 9.20. The van der Waals surface area contributed by atoms with Gasteiger partial charge in [-0.3, -0.25) is 9.89 Å². The smallest absolute Gasteiger partial charge is 0.193 e. The van der Waals surface area contributed by atoms with Crippen LogP contribution < -0.4 is 5.32 Å². The van der Waals surface area contributed by atoms with Crippen molar-refractivity contribution in [2.24, 2.45) is 4.99 Å². The molecule has 0 bridgehead atoms. The van der Waals surface area contributed by atoms with Gasteiger partial charge in [-0.15, -0.1) is 0 Å². The van der Waals surface area contributed by atoms with Crippen molar-refractivity contribution in [3.8, 4) is 0 Å². The summed E-state index contributed by atoms with van der Waals surface area (Å²) in [5.74, 6) is 3.39. The Morgan fingerprint density at radius 2 is 2.08 bits per heavy atom. The minimum Gasteiger partial charge on any atom is -0.379 e. The Morgan fingerprint density at radius 1 is 1.35 bits per heavy atom. The summed E-state index contributed by atoms with van der Waals surface area (Å²) in [6, 6.07) is 8.47. The van der Waals surface area contributed by atoms with E-state index < -0.39 is 0 Å². The first-order valence-corrected chi connectivity index (χ1v) is 11.1. The van der Waals surface area contributed by atoms with Gasteiger partial charge in [0.1, 0.15) is 0 Å². The van der Waals surface area contributed by atoms with Crippen molar-refractivity contribution < 1.29 is 4.74 Å². The minimum absolute atomic E-state index is 0.225. The molecule has 1 aromatic carbocycles. The monoisotopic (exact) mass is 440 g/mol. The molecule has 0 aromatic heterocycles. The topological polar surface area (TPSA) is 40.1 Å². The molecule has 0 aliphatic carbocycles. The summed E-state index contributed by atoms with van der Waals surface area (Å²) in [5, 5.41) is 3.65. The Balaban J connectivity index is 1.60. The Kier molecular flexibility index (Phi) is 7.26. The van der Waals surface area contributed by atoms with Crippen molar-refractivity contribution in [1.82, 2.24) is 15.1 Å². The van der Waals surface area contributed by atoms with Gasteiger partial charge in [0.15, 0.2) is 5.96 Å². The number of thioether (sulfide) groups is 1. The minimum atomic E-state index is 0.225. The Hall–Kier alpha value is -0.760. The maximum atomic E-state index is 5.56. The third kappa shape index (κ3) is 4.94. The molecular weight excluding hydrogens is 412 g/mol. The van der Waals surface area contributed by atoms with E-state index in [0.29, 0.717) is 0 Å². The normalized spacial score (nSPS) is 24.7. The van der Waals surface area contributed by atoms with Gasteiger partial charge in [0.2, 0.25) is 0 Å². The van der Waals surface area contributed by atoms with Crippen molar-refractivity contribution in [3.63, 3.8) is 0 Å². The van der Waals surface area contributed by atoms with Gasteiger partial charge in [0.05, 0.1) is 13.2 Å². The highest BCUT2D eigenvalue weighted by Crippen LogP contribution is 2.33. The third-order valence-corrected chi connectivity index (χ3v) is 7.01. The van der Waals surface area contributed by atoms with E-state index in [1.165, 1.54) is 23.5 Å². The zero-order valence-electron chi connectivity index (χ0n) is 15.7. The second-order valence-corrected chi connectivity index (χ2v) is 9.03. The SMILES string of the molecule is CN=C(NCC1(N2CCOCC2)CCSC1)N(C)Cc1ccc(Br)cc1. The van der Waals surface area contributed by atoms with E-state index in [1.807, 2.05) is 7.05 Å². The highest BCUT2D eigenvalue weighted by molar-refractivity contribution is 9.10. The number of halogens is 1. The first kappa shape index (κ1) is 20.0. The molecule has 1 atom stereocenters. The van der Waals surface area contributed by atoms with E-state index >= 15 is 0 Å². The fraction of sp³-hybridized carbons (Fsp3) is 0.632. The van der Waals surface area contributed by atoms with Crippen LogP contribution in [0.3, 0.4) is 0 Å². The van der Waals surface area contributed by atoms with Gasteiger partial charge in [0.25, 0.3) is 0 Å². The molecule has 2 aliphatic rings. The quantitative estimate of drug-likeness (QED) is 0.562. The molecule has 0 amide bonds. The summed E-state index contributed by atoms with van der Waals surface area (Å²) < 4.78 is 6.67. The number of aliphatic imine (C=N–C) groups is 1. The third-order valence-electron chi connectivity index (χ3n) is 5.25. The summed E-state index contributed by atoms with van der Waals surface area (Å²) in [4.78, 5) is 9.33. The van der Waals surface area contributed by atoms with Gasteiger partial charge >= 0.3 is 0 Å². The van der Waals surface area contributed by atoms with Gasteiger partial charge in [-0.05, 0) is 29.9 Å². The highest BCUT2D eigenvalue weighted by atomic mass is 79.9. The van der Waals surface area contributed by atoms with Crippen LogP contribution in [0.25, 0.3) is 0 Å². The van der Waals surface area contributed by atoms with Crippen molar-refractivity contribution >= 4 is 33.7 Å². The number of guanidine groups is 1. The molecule has 2 aliphatic heterocycles. The molecule has 7 heteroatoms. The molecule has 2 saturated heterocycles. The number of nitrogens with one attached hydrogen (secondary N) is 1. The lowest BCUT2D eigenvalue weighted by Crippen LogP contribution is -2.60. The van der Waals surface area contributed by atoms with Crippen molar-refractivity contribution in [2.75, 3.05) is 58.4 Å². The van der Waals surface area contributed by atoms with Crippen LogP contribution >= 0.6 is 27.7 Å². The lowest BCUT2D eigenvalue weighted by Gasteiger charge is -2.43. The van der Waals surface area contributed by atoms with E-state index in [0.717, 1.165) is 49.8 Å². The maximum Gasteiger partial charge on any atom is 0.193 e. The Morgan fingerprint density at radius 3 is 2.69 bits per heavy atom. The summed E-state index contributed by atoms with van der Waals surface area (Å²) in [7, 11) is 3.97. The van der Waals surface area contributed by atoms with Crippen LogP contribution in [-0.2, 0) is 11.3 Å². The van der Waals surface area contributed by atoms with E-state index in [-0.39, 0.29) is 5.54 Å². The Labute approximate surface area is 169 Å². The lowest BCUT2D eigenvalue weighted by molar-refractivity contribution is -0.0121. The number of nitrogens with zero attached hydrogens (tertiary/aromatic N) is 3. The number of rotatable bonds is 5. The summed E-state index contributed by atoms with van der Waals surface area (Å²) in [6.45, 7) is 5.56. The zero-order chi connectivity index (χ0) is 18.4. The van der Waals surface area contributed by atoms with Gasteiger partial charge in [-0.2, -0.15) is 11.8 Å². The predicted octanol–water partition coefficient (Wildman–Crippen LogP) is 2.66. The first-order chi connectivity index (χ1) is 12.6. The van der Waals surface area contributed by atoms with Crippen LogP contribution in [0.2, 0.25) is 0 Å². The molecule has 0 radical (unpaired) electrons. The van der Waals surface area contributed by atoms with Crippen LogP contribution in [0.1, 0.15) is 12.0 Å². The molecular formula is C19H29BrN4OS. The Bertz CT molecular complexity index is 598. The number of ether oxygens (including phenoxy) is 1. The number of hydrogen-bond acceptors (Lipinski definition) is 4. The fourth-order valence-electron chi connectivity index (χ4n) is 3.70. The molecule has 2 fully saturated rings. The van der Waals surface area contributed by atoms with Crippen LogP contribution in [-0.4, -0.2) is 79.7 Å². The van der Waals surface area contributed by atoms with Crippen molar-refractivity contribution in [2.45, 2.75) is 18.5 Å². The lowest BCUT2D eigenvalue weighted by atomic mass is 9.95. The average molecular weight is 441 g/mol. The predicted molar refractivity (Wildman–Crippen MR) is 114 cm³/mol. The highest BCUT2D eigenvalue weighted by Gasteiger charge is 2.40. The van der Waals surface area contributed by atoms with Gasteiger partial charge in [-0.1, -0.05) is 28.1 Å². The van der Waals surface area contributed by atoms with E-state index in [4.69, 9.17) is 4.74 Å². The molecule has 3 rings (SSSR count). The van der Waals surface area contributed by atoms with E-state index in [2.05, 4.69) is 79.1 Å². The molecule has 1 unspecified atom stereocenters. The molecule has 1 aromatic rings. The molecule has 2 heterocycles. The van der Waals surface area contributed by atoms with Crippen molar-refractivity contribution in [3.05, 3.63) is 34.3 Å². The average Bonchev–Trinajstić information content (AvgIpc) is 3.15. The largest absolute Gasteiger partial charge is 0.379 e. The van der Waals surface area contributed by atoms with Crippen LogP contribution in [0, 0.1) is 0 Å². The van der Waals surface area contributed by atoms with E-state index in [1.54, 1.807) is 0 Å². The number of benzene rings is 1. The van der Waals surface area contributed by atoms with Crippen LogP contribution in [0.15, 0.2) is 33.7 Å². The second-order valence-electron chi connectivity index (χ2n) is 7.01. The van der Waals surface area contributed by atoms with Gasteiger partial charge in [0, 0.05) is 56.0 Å². The maximum absolute atomic E-state index is 5.56. The standard InChI is InChI=1S/C19H29BrN4OS/c1-21-18(23(2)13-16-3-5-17(20)6-4-16)22-14-19(7-12-26-15-19)24-8-10-25-11-9-24/h3-6H,7-15H2,1-2H3,(H,21,22). The van der Waals surface area contributed by atoms with Gasteiger partial charge in [-0.25, -0.2) is 0 Å². The number of hydrogen-bond donors (Lipinski definition) is 1.